The van der Waals surface area contributed by atoms with E-state index in [0.29, 0.717) is 17.9 Å². The topological polar surface area (TPSA) is 55.1 Å². The summed E-state index contributed by atoms with van der Waals surface area (Å²) in [5.74, 6) is 0.330. The van der Waals surface area contributed by atoms with Gasteiger partial charge in [0, 0.05) is 12.1 Å². The molecule has 0 fully saturated rings. The number of benzene rings is 1. The van der Waals surface area contributed by atoms with Crippen molar-refractivity contribution in [3.63, 3.8) is 0 Å². The minimum atomic E-state index is -0.189. The fourth-order valence-electron chi connectivity index (χ4n) is 1.88. The maximum absolute atomic E-state index is 12.1. The highest BCUT2D eigenvalue weighted by Gasteiger charge is 2.13. The molecule has 1 N–H and O–H groups in total. The number of nitrogens with zero attached hydrogens (tertiary/aromatic N) is 2. The summed E-state index contributed by atoms with van der Waals surface area (Å²) >= 11 is 0. The average molecular weight is 244 g/mol. The molecule has 4 heteroatoms. The Balaban J connectivity index is 2.70. The average Bonchev–Trinajstić information content (AvgIpc) is 2.40. The third kappa shape index (κ3) is 2.14. The van der Waals surface area contributed by atoms with E-state index in [2.05, 4.69) is 4.98 Å². The van der Waals surface area contributed by atoms with E-state index in [9.17, 15) is 9.90 Å². The Morgan fingerprint density at radius 3 is 2.56 bits per heavy atom. The van der Waals surface area contributed by atoms with Gasteiger partial charge in [-0.2, -0.15) is 4.98 Å². The first-order valence-electron chi connectivity index (χ1n) is 6.01. The van der Waals surface area contributed by atoms with E-state index in [4.69, 9.17) is 0 Å². The maximum atomic E-state index is 12.1. The molecule has 0 bridgehead atoms. The van der Waals surface area contributed by atoms with Gasteiger partial charge in [-0.3, -0.25) is 9.36 Å². The molecule has 0 aliphatic rings. The van der Waals surface area contributed by atoms with Crippen LogP contribution in [0.4, 0.5) is 0 Å². The van der Waals surface area contributed by atoms with Gasteiger partial charge < -0.3 is 5.11 Å². The molecule has 0 saturated heterocycles. The van der Waals surface area contributed by atoms with E-state index < -0.39 is 0 Å². The van der Waals surface area contributed by atoms with Gasteiger partial charge in [0.05, 0.1) is 5.56 Å². The Hall–Kier alpha value is -2.10. The zero-order valence-electron chi connectivity index (χ0n) is 10.6. The monoisotopic (exact) mass is 244 g/mol. The predicted octanol–water partition coefficient (Wildman–Crippen LogP) is 2.33. The SMILES string of the molecule is CCCn1c(-c2ccccc2)nc(O)c(C)c1=O. The highest BCUT2D eigenvalue weighted by atomic mass is 16.3. The third-order valence-electron chi connectivity index (χ3n) is 2.85. The second kappa shape index (κ2) is 5.04. The molecule has 2 rings (SSSR count). The fourth-order valence-corrected chi connectivity index (χ4v) is 1.88. The largest absolute Gasteiger partial charge is 0.493 e. The first kappa shape index (κ1) is 12.4. The van der Waals surface area contributed by atoms with Crippen molar-refractivity contribution in [1.82, 2.24) is 9.55 Å². The fraction of sp³-hybridized carbons (Fsp3) is 0.286. The normalized spacial score (nSPS) is 10.6. The van der Waals surface area contributed by atoms with Crippen molar-refractivity contribution in [2.75, 3.05) is 0 Å². The van der Waals surface area contributed by atoms with E-state index in [1.807, 2.05) is 37.3 Å². The van der Waals surface area contributed by atoms with Crippen LogP contribution in [0, 0.1) is 6.92 Å². The molecular formula is C14H16N2O2. The first-order chi connectivity index (χ1) is 8.65. The molecule has 0 unspecified atom stereocenters. The van der Waals surface area contributed by atoms with Crippen LogP contribution in [0.15, 0.2) is 35.1 Å². The molecule has 0 amide bonds. The van der Waals surface area contributed by atoms with Gasteiger partial charge in [0.15, 0.2) is 0 Å². The number of aromatic nitrogens is 2. The molecule has 1 aromatic heterocycles. The number of hydrogen-bond donors (Lipinski definition) is 1. The smallest absolute Gasteiger partial charge is 0.260 e. The van der Waals surface area contributed by atoms with Crippen molar-refractivity contribution in [3.05, 3.63) is 46.2 Å². The second-order valence-corrected chi connectivity index (χ2v) is 4.21. The highest BCUT2D eigenvalue weighted by Crippen LogP contribution is 2.19. The van der Waals surface area contributed by atoms with Crippen LogP contribution < -0.4 is 5.56 Å². The minimum Gasteiger partial charge on any atom is -0.493 e. The molecule has 0 spiro atoms. The zero-order chi connectivity index (χ0) is 13.1. The second-order valence-electron chi connectivity index (χ2n) is 4.21. The lowest BCUT2D eigenvalue weighted by molar-refractivity contribution is 0.441. The Bertz CT molecular complexity index is 603. The summed E-state index contributed by atoms with van der Waals surface area (Å²) in [6.07, 6.45) is 0.839. The lowest BCUT2D eigenvalue weighted by atomic mass is 10.2. The van der Waals surface area contributed by atoms with Crippen LogP contribution in [0.5, 0.6) is 5.88 Å². The van der Waals surface area contributed by atoms with Crippen LogP contribution in [-0.2, 0) is 6.54 Å². The Labute approximate surface area is 106 Å². The van der Waals surface area contributed by atoms with Gasteiger partial charge in [0.2, 0.25) is 5.88 Å². The summed E-state index contributed by atoms with van der Waals surface area (Å²) in [5, 5.41) is 9.71. The van der Waals surface area contributed by atoms with Gasteiger partial charge in [0.25, 0.3) is 5.56 Å². The maximum Gasteiger partial charge on any atom is 0.260 e. The molecule has 18 heavy (non-hydrogen) atoms. The Kier molecular flexibility index (Phi) is 3.46. The van der Waals surface area contributed by atoms with E-state index in [1.54, 1.807) is 11.5 Å². The lowest BCUT2D eigenvalue weighted by Crippen LogP contribution is -2.25. The Morgan fingerprint density at radius 1 is 1.28 bits per heavy atom. The molecular weight excluding hydrogens is 228 g/mol. The summed E-state index contributed by atoms with van der Waals surface area (Å²) < 4.78 is 1.62. The quantitative estimate of drug-likeness (QED) is 0.901. The summed E-state index contributed by atoms with van der Waals surface area (Å²) in [6, 6.07) is 9.43. The van der Waals surface area contributed by atoms with Crippen molar-refractivity contribution in [2.45, 2.75) is 26.8 Å². The summed E-state index contributed by atoms with van der Waals surface area (Å²) in [4.78, 5) is 16.3. The number of hydrogen-bond acceptors (Lipinski definition) is 3. The highest BCUT2D eigenvalue weighted by molar-refractivity contribution is 5.56. The number of aromatic hydroxyl groups is 1. The van der Waals surface area contributed by atoms with Crippen LogP contribution in [-0.4, -0.2) is 14.7 Å². The molecule has 0 atom stereocenters. The van der Waals surface area contributed by atoms with Gasteiger partial charge >= 0.3 is 0 Å². The van der Waals surface area contributed by atoms with Crippen molar-refractivity contribution in [1.29, 1.82) is 0 Å². The lowest BCUT2D eigenvalue weighted by Gasteiger charge is -2.12. The zero-order valence-corrected chi connectivity index (χ0v) is 10.6. The molecule has 1 aromatic carbocycles. The van der Waals surface area contributed by atoms with Gasteiger partial charge in [-0.1, -0.05) is 37.3 Å². The molecule has 4 nitrogen and oxygen atoms in total. The van der Waals surface area contributed by atoms with E-state index in [0.717, 1.165) is 12.0 Å². The van der Waals surface area contributed by atoms with Gasteiger partial charge in [0.1, 0.15) is 5.82 Å². The third-order valence-corrected chi connectivity index (χ3v) is 2.85. The van der Waals surface area contributed by atoms with E-state index >= 15 is 0 Å². The Morgan fingerprint density at radius 2 is 1.94 bits per heavy atom. The standard InChI is InChI=1S/C14H16N2O2/c1-3-9-16-12(11-7-5-4-6-8-11)15-13(17)10(2)14(16)18/h4-8,17H,3,9H2,1-2H3. The first-order valence-corrected chi connectivity index (χ1v) is 6.01. The predicted molar refractivity (Wildman–Crippen MR) is 70.6 cm³/mol. The van der Waals surface area contributed by atoms with Crippen molar-refractivity contribution < 1.29 is 5.11 Å². The molecule has 0 saturated carbocycles. The van der Waals surface area contributed by atoms with Gasteiger partial charge in [-0.15, -0.1) is 0 Å². The van der Waals surface area contributed by atoms with Gasteiger partial charge in [-0.25, -0.2) is 0 Å². The minimum absolute atomic E-state index is 0.178. The van der Waals surface area contributed by atoms with Crippen LogP contribution in [0.1, 0.15) is 18.9 Å². The van der Waals surface area contributed by atoms with Crippen LogP contribution in [0.2, 0.25) is 0 Å². The summed E-state index contributed by atoms with van der Waals surface area (Å²) in [5.41, 5.74) is 0.949. The summed E-state index contributed by atoms with van der Waals surface area (Å²) in [7, 11) is 0. The van der Waals surface area contributed by atoms with Crippen LogP contribution in [0.3, 0.4) is 0 Å². The molecule has 94 valence electrons. The van der Waals surface area contributed by atoms with Crippen LogP contribution in [0.25, 0.3) is 11.4 Å². The molecule has 1 heterocycles. The van der Waals surface area contributed by atoms with Crippen molar-refractivity contribution in [2.24, 2.45) is 0 Å². The van der Waals surface area contributed by atoms with Crippen molar-refractivity contribution in [3.8, 4) is 17.3 Å². The van der Waals surface area contributed by atoms with E-state index in [1.165, 1.54) is 0 Å². The van der Waals surface area contributed by atoms with Crippen LogP contribution >= 0.6 is 0 Å². The molecule has 2 aromatic rings. The van der Waals surface area contributed by atoms with Crippen molar-refractivity contribution >= 4 is 0 Å². The molecule has 0 aliphatic carbocycles. The molecule has 0 aliphatic heterocycles. The van der Waals surface area contributed by atoms with Gasteiger partial charge in [-0.05, 0) is 13.3 Å². The molecule has 0 radical (unpaired) electrons. The summed E-state index contributed by atoms with van der Waals surface area (Å²) in [6.45, 7) is 4.19. The van der Waals surface area contributed by atoms with E-state index in [-0.39, 0.29) is 11.4 Å². The number of rotatable bonds is 3.